The molecule has 1 atom stereocenters. The van der Waals surface area contributed by atoms with E-state index in [1.54, 1.807) is 24.3 Å². The normalized spacial score (nSPS) is 18.6. The third kappa shape index (κ3) is 7.02. The van der Waals surface area contributed by atoms with Gasteiger partial charge < -0.3 is 25.5 Å². The maximum atomic E-state index is 14.7. The Morgan fingerprint density at radius 3 is 2.36 bits per heavy atom. The Hall–Kier alpha value is -4.53. The molecule has 15 heteroatoms. The average Bonchev–Trinajstić information content (AvgIpc) is 3.27. The molecule has 0 spiro atoms. The lowest BCUT2D eigenvalue weighted by Gasteiger charge is -2.29. The molecule has 0 radical (unpaired) electrons. The summed E-state index contributed by atoms with van der Waals surface area (Å²) in [6.07, 6.45) is -4.62. The highest BCUT2D eigenvalue weighted by Crippen LogP contribution is 2.28. The van der Waals surface area contributed by atoms with Gasteiger partial charge in [0.1, 0.15) is 11.9 Å². The first-order valence-electron chi connectivity index (χ1n) is 12.9. The molecule has 4 amide bonds. The second-order valence-corrected chi connectivity index (χ2v) is 9.78. The van der Waals surface area contributed by atoms with Crippen molar-refractivity contribution in [1.29, 1.82) is 0 Å². The fraction of sp³-hybridized carbons (Fsp3) is 0.370. The van der Waals surface area contributed by atoms with E-state index in [1.807, 2.05) is 4.90 Å². The van der Waals surface area contributed by atoms with E-state index in [0.29, 0.717) is 22.4 Å². The number of halogens is 4. The number of carboxylic acid groups (broad SMARTS) is 1. The molecule has 42 heavy (non-hydrogen) atoms. The molecule has 224 valence electrons. The number of benzene rings is 2. The summed E-state index contributed by atoms with van der Waals surface area (Å²) in [6, 6.07) is 9.11. The van der Waals surface area contributed by atoms with Crippen LogP contribution in [0.5, 0.6) is 0 Å². The summed E-state index contributed by atoms with van der Waals surface area (Å²) in [5.74, 6) is -4.62. The number of alkyl halides is 3. The number of carbonyl (C=O) groups is 5. The highest BCUT2D eigenvalue weighted by atomic mass is 19.4. The van der Waals surface area contributed by atoms with E-state index in [1.165, 1.54) is 17.0 Å². The molecule has 2 aromatic carbocycles. The highest BCUT2D eigenvalue weighted by Gasteiger charge is 2.39. The maximum Gasteiger partial charge on any atom is 0.490 e. The molecule has 0 bridgehead atoms. The number of amides is 4. The summed E-state index contributed by atoms with van der Waals surface area (Å²) in [6.45, 7) is 3.50. The summed E-state index contributed by atoms with van der Waals surface area (Å²) in [4.78, 5) is 61.7. The summed E-state index contributed by atoms with van der Waals surface area (Å²) < 4.78 is 46.4. The lowest BCUT2D eigenvalue weighted by Crippen LogP contribution is -2.52. The van der Waals surface area contributed by atoms with E-state index in [-0.39, 0.29) is 49.5 Å². The van der Waals surface area contributed by atoms with Crippen LogP contribution in [0.4, 0.5) is 23.2 Å². The lowest BCUT2D eigenvalue weighted by molar-refractivity contribution is -0.192. The van der Waals surface area contributed by atoms with Gasteiger partial charge in [0, 0.05) is 56.8 Å². The number of piperidine rings is 1. The first-order chi connectivity index (χ1) is 19.8. The monoisotopic (exact) mass is 593 g/mol. The molecule has 1 unspecified atom stereocenters. The van der Waals surface area contributed by atoms with Gasteiger partial charge in [0.2, 0.25) is 11.8 Å². The predicted octanol–water partition coefficient (Wildman–Crippen LogP) is 1.56. The number of anilines is 1. The maximum absolute atomic E-state index is 14.7. The number of hydrogen-bond donors (Lipinski definition) is 4. The van der Waals surface area contributed by atoms with Gasteiger partial charge in [-0.2, -0.15) is 13.2 Å². The summed E-state index contributed by atoms with van der Waals surface area (Å²) >= 11 is 0. The van der Waals surface area contributed by atoms with E-state index in [0.717, 1.165) is 31.7 Å². The van der Waals surface area contributed by atoms with Crippen molar-refractivity contribution in [3.05, 3.63) is 64.5 Å². The van der Waals surface area contributed by atoms with Crippen LogP contribution in [0.3, 0.4) is 0 Å². The molecule has 0 aromatic heterocycles. The third-order valence-corrected chi connectivity index (χ3v) is 6.96. The minimum atomic E-state index is -5.08. The molecular formula is C27H27F4N5O6. The number of hydrogen-bond acceptors (Lipinski definition) is 7. The van der Waals surface area contributed by atoms with Crippen LogP contribution in [0.25, 0.3) is 0 Å². The van der Waals surface area contributed by atoms with Crippen molar-refractivity contribution < 1.29 is 46.6 Å². The predicted molar refractivity (Wildman–Crippen MR) is 139 cm³/mol. The Labute approximate surface area is 236 Å². The smallest absolute Gasteiger partial charge is 0.475 e. The number of nitrogens with one attached hydrogen (secondary N) is 3. The van der Waals surface area contributed by atoms with Gasteiger partial charge in [-0.15, -0.1) is 0 Å². The summed E-state index contributed by atoms with van der Waals surface area (Å²) in [5.41, 5.74) is 2.59. The minimum absolute atomic E-state index is 0.144. The first kappa shape index (κ1) is 30.4. The van der Waals surface area contributed by atoms with Crippen LogP contribution in [-0.4, -0.2) is 78.0 Å². The number of nitrogens with zero attached hydrogens (tertiary/aromatic N) is 2. The van der Waals surface area contributed by atoms with Crippen molar-refractivity contribution in [3.63, 3.8) is 0 Å². The fourth-order valence-corrected chi connectivity index (χ4v) is 4.80. The number of imide groups is 1. The summed E-state index contributed by atoms with van der Waals surface area (Å²) in [5, 5.41) is 15.4. The largest absolute Gasteiger partial charge is 0.490 e. The van der Waals surface area contributed by atoms with Crippen molar-refractivity contribution in [3.8, 4) is 0 Å². The number of rotatable bonds is 5. The van der Waals surface area contributed by atoms with E-state index in [9.17, 15) is 36.7 Å². The van der Waals surface area contributed by atoms with E-state index >= 15 is 0 Å². The van der Waals surface area contributed by atoms with Crippen LogP contribution in [0.15, 0.2) is 36.4 Å². The minimum Gasteiger partial charge on any atom is -0.475 e. The number of carbonyl (C=O) groups excluding carboxylic acids is 4. The zero-order valence-corrected chi connectivity index (χ0v) is 22.1. The van der Waals surface area contributed by atoms with E-state index in [4.69, 9.17) is 9.90 Å². The van der Waals surface area contributed by atoms with Gasteiger partial charge in [-0.3, -0.25) is 24.5 Å². The molecule has 0 saturated carbocycles. The fourth-order valence-electron chi connectivity index (χ4n) is 4.80. The van der Waals surface area contributed by atoms with Gasteiger partial charge >= 0.3 is 12.1 Å². The second-order valence-electron chi connectivity index (χ2n) is 9.78. The first-order valence-corrected chi connectivity index (χ1v) is 12.9. The highest BCUT2D eigenvalue weighted by molar-refractivity contribution is 6.06. The number of carboxylic acids is 1. The molecule has 11 nitrogen and oxygen atoms in total. The van der Waals surface area contributed by atoms with Crippen molar-refractivity contribution in [2.75, 3.05) is 31.1 Å². The SMILES string of the molecule is O=C(O)C(F)(F)F.O=C1CCC(N2Cc3ccc(C(=O)NCc4ccc(N5CCNCC5)c(F)c4)cc3C2=O)C(=O)N1. The Morgan fingerprint density at radius 1 is 1.05 bits per heavy atom. The van der Waals surface area contributed by atoms with Crippen LogP contribution >= 0.6 is 0 Å². The number of aliphatic carboxylic acids is 1. The number of fused-ring (bicyclic) bond motifs is 1. The Morgan fingerprint density at radius 2 is 1.74 bits per heavy atom. The van der Waals surface area contributed by atoms with Gasteiger partial charge in [0.25, 0.3) is 11.8 Å². The zero-order chi connectivity index (χ0) is 30.6. The van der Waals surface area contributed by atoms with Crippen molar-refractivity contribution in [1.82, 2.24) is 20.9 Å². The molecule has 5 rings (SSSR count). The van der Waals surface area contributed by atoms with Gasteiger partial charge in [-0.1, -0.05) is 12.1 Å². The van der Waals surface area contributed by atoms with Crippen LogP contribution in [0.1, 0.15) is 44.7 Å². The Balaban J connectivity index is 0.000000517. The lowest BCUT2D eigenvalue weighted by atomic mass is 10.0. The molecule has 4 N–H and O–H groups in total. The van der Waals surface area contributed by atoms with Gasteiger partial charge in [-0.05, 0) is 41.8 Å². The molecule has 2 fully saturated rings. The Bertz CT molecular complexity index is 1410. The van der Waals surface area contributed by atoms with Crippen molar-refractivity contribution in [2.45, 2.75) is 38.1 Å². The van der Waals surface area contributed by atoms with Gasteiger partial charge in [0.05, 0.1) is 5.69 Å². The van der Waals surface area contributed by atoms with Crippen LogP contribution < -0.4 is 20.9 Å². The van der Waals surface area contributed by atoms with Crippen LogP contribution in [0.2, 0.25) is 0 Å². The molecular weight excluding hydrogens is 566 g/mol. The summed E-state index contributed by atoms with van der Waals surface area (Å²) in [7, 11) is 0. The van der Waals surface area contributed by atoms with Crippen LogP contribution in [0, 0.1) is 5.82 Å². The molecule has 2 aromatic rings. The zero-order valence-electron chi connectivity index (χ0n) is 22.1. The molecule has 3 aliphatic heterocycles. The third-order valence-electron chi connectivity index (χ3n) is 6.96. The average molecular weight is 594 g/mol. The van der Waals surface area contributed by atoms with Crippen molar-refractivity contribution in [2.24, 2.45) is 0 Å². The molecule has 0 aliphatic carbocycles. The standard InChI is InChI=1S/C25H26FN5O4.C2HF3O2/c26-19-11-15(1-4-20(19)30-9-7-27-8-10-30)13-28-23(33)16-2-3-17-14-31(25(35)18(17)12-16)21-5-6-22(32)29-24(21)34;3-2(4,5)1(6)7/h1-4,11-12,21,27H,5-10,13-14H2,(H,28,33)(H,29,32,34);(H,6,7). The second kappa shape index (κ2) is 12.5. The topological polar surface area (TPSA) is 148 Å². The van der Waals surface area contributed by atoms with Crippen LogP contribution in [-0.2, 0) is 27.5 Å². The van der Waals surface area contributed by atoms with Crippen molar-refractivity contribution >= 4 is 35.3 Å². The number of piperazine rings is 1. The van der Waals surface area contributed by atoms with E-state index < -0.39 is 24.1 Å². The molecule has 3 heterocycles. The van der Waals surface area contributed by atoms with E-state index in [2.05, 4.69) is 16.0 Å². The molecule has 2 saturated heterocycles. The Kier molecular flexibility index (Phi) is 9.09. The molecule has 3 aliphatic rings. The van der Waals surface area contributed by atoms with Gasteiger partial charge in [-0.25, -0.2) is 9.18 Å². The quantitative estimate of drug-likeness (QED) is 0.302. The van der Waals surface area contributed by atoms with Gasteiger partial charge in [0.15, 0.2) is 0 Å².